The highest BCUT2D eigenvalue weighted by Gasteiger charge is 2.08. The second kappa shape index (κ2) is 6.63. The number of Topliss-reactive ketones (excluding diaryl/α,β-unsaturated/α-hetero) is 1. The van der Waals surface area contributed by atoms with Crippen LogP contribution in [0, 0.1) is 0 Å². The van der Waals surface area contributed by atoms with Gasteiger partial charge in [0.2, 0.25) is 0 Å². The fraction of sp³-hybridized carbons (Fsp3) is 0.429. The summed E-state index contributed by atoms with van der Waals surface area (Å²) in [7, 11) is 3.99. The van der Waals surface area contributed by atoms with Crippen molar-refractivity contribution in [3.8, 4) is 0 Å². The van der Waals surface area contributed by atoms with Crippen LogP contribution >= 0.6 is 11.3 Å². The predicted molar refractivity (Wildman–Crippen MR) is 77.4 cm³/mol. The third kappa shape index (κ3) is 4.29. The van der Waals surface area contributed by atoms with Gasteiger partial charge in [-0.2, -0.15) is 5.10 Å². The molecule has 0 saturated heterocycles. The zero-order valence-corrected chi connectivity index (χ0v) is 12.2. The predicted octanol–water partition coefficient (Wildman–Crippen LogP) is 2.58. The molecule has 0 atom stereocenters. The van der Waals surface area contributed by atoms with Crippen LogP contribution in [0.3, 0.4) is 0 Å². The number of rotatable bonds is 7. The van der Waals surface area contributed by atoms with Crippen LogP contribution in [0.2, 0.25) is 0 Å². The second-order valence-electron chi connectivity index (χ2n) is 4.76. The molecule has 2 aromatic rings. The molecule has 0 aromatic carbocycles. The highest BCUT2D eigenvalue weighted by Crippen LogP contribution is 2.12. The zero-order chi connectivity index (χ0) is 13.7. The SMILES string of the molecule is CN(CCCC(=O)c1cccs1)Cc1cnn(C)c1. The van der Waals surface area contributed by atoms with Crippen LogP contribution in [0.4, 0.5) is 0 Å². The maximum absolute atomic E-state index is 11.8. The van der Waals surface area contributed by atoms with Gasteiger partial charge in [-0.3, -0.25) is 9.48 Å². The van der Waals surface area contributed by atoms with Gasteiger partial charge in [-0.1, -0.05) is 6.07 Å². The molecule has 102 valence electrons. The van der Waals surface area contributed by atoms with Crippen molar-refractivity contribution in [1.82, 2.24) is 14.7 Å². The average Bonchev–Trinajstić information content (AvgIpc) is 3.00. The Morgan fingerprint density at radius 1 is 1.53 bits per heavy atom. The molecule has 0 aliphatic heterocycles. The van der Waals surface area contributed by atoms with Crippen LogP contribution in [0.5, 0.6) is 0 Å². The van der Waals surface area contributed by atoms with Crippen molar-refractivity contribution in [2.45, 2.75) is 19.4 Å². The van der Waals surface area contributed by atoms with Gasteiger partial charge < -0.3 is 4.90 Å². The average molecular weight is 277 g/mol. The van der Waals surface area contributed by atoms with E-state index in [1.165, 1.54) is 16.9 Å². The van der Waals surface area contributed by atoms with Crippen molar-refractivity contribution in [2.24, 2.45) is 7.05 Å². The van der Waals surface area contributed by atoms with Gasteiger partial charge in [0.15, 0.2) is 5.78 Å². The standard InChI is InChI=1S/C14H19N3OS/c1-16(10-12-9-15-17(2)11-12)7-3-5-13(18)14-6-4-8-19-14/h4,6,8-9,11H,3,5,7,10H2,1-2H3. The minimum atomic E-state index is 0.254. The fourth-order valence-electron chi connectivity index (χ4n) is 2.01. The van der Waals surface area contributed by atoms with E-state index < -0.39 is 0 Å². The second-order valence-corrected chi connectivity index (χ2v) is 5.71. The number of aryl methyl sites for hydroxylation is 1. The van der Waals surface area contributed by atoms with Gasteiger partial charge in [-0.25, -0.2) is 0 Å². The Balaban J connectivity index is 1.69. The van der Waals surface area contributed by atoms with E-state index in [4.69, 9.17) is 0 Å². The zero-order valence-electron chi connectivity index (χ0n) is 11.4. The largest absolute Gasteiger partial charge is 0.302 e. The number of ketones is 1. The highest BCUT2D eigenvalue weighted by atomic mass is 32.1. The number of thiophene rings is 1. The van der Waals surface area contributed by atoms with Gasteiger partial charge in [-0.15, -0.1) is 11.3 Å². The van der Waals surface area contributed by atoms with Crippen molar-refractivity contribution in [2.75, 3.05) is 13.6 Å². The monoisotopic (exact) mass is 277 g/mol. The molecule has 19 heavy (non-hydrogen) atoms. The lowest BCUT2D eigenvalue weighted by Crippen LogP contribution is -2.19. The van der Waals surface area contributed by atoms with Crippen molar-refractivity contribution >= 4 is 17.1 Å². The molecule has 0 aliphatic rings. The maximum Gasteiger partial charge on any atom is 0.172 e. The molecule has 2 aromatic heterocycles. The summed E-state index contributed by atoms with van der Waals surface area (Å²) in [6.07, 6.45) is 5.42. The first-order valence-corrected chi connectivity index (χ1v) is 7.26. The minimum Gasteiger partial charge on any atom is -0.302 e. The lowest BCUT2D eigenvalue weighted by molar-refractivity contribution is 0.0980. The number of carbonyl (C=O) groups excluding carboxylic acids is 1. The molecule has 0 amide bonds. The third-order valence-electron chi connectivity index (χ3n) is 2.95. The van der Waals surface area contributed by atoms with Gasteiger partial charge in [0.1, 0.15) is 0 Å². The Kier molecular flexibility index (Phi) is 4.87. The molecule has 0 fully saturated rings. The lowest BCUT2D eigenvalue weighted by Gasteiger charge is -2.14. The maximum atomic E-state index is 11.8. The normalized spacial score (nSPS) is 11.1. The van der Waals surface area contributed by atoms with Gasteiger partial charge in [0, 0.05) is 31.8 Å². The van der Waals surface area contributed by atoms with Gasteiger partial charge >= 0.3 is 0 Å². The molecule has 0 bridgehead atoms. The Morgan fingerprint density at radius 2 is 2.37 bits per heavy atom. The lowest BCUT2D eigenvalue weighted by atomic mass is 10.2. The molecule has 0 N–H and O–H groups in total. The van der Waals surface area contributed by atoms with Crippen LogP contribution in [0.25, 0.3) is 0 Å². The van der Waals surface area contributed by atoms with Crippen molar-refractivity contribution in [1.29, 1.82) is 0 Å². The fourth-order valence-corrected chi connectivity index (χ4v) is 2.71. The van der Waals surface area contributed by atoms with Gasteiger partial charge in [0.25, 0.3) is 0 Å². The first kappa shape index (κ1) is 14.0. The van der Waals surface area contributed by atoms with E-state index >= 15 is 0 Å². The molecule has 2 rings (SSSR count). The molecule has 4 nitrogen and oxygen atoms in total. The Morgan fingerprint density at radius 3 is 3.00 bits per heavy atom. The van der Waals surface area contributed by atoms with E-state index in [1.54, 1.807) is 0 Å². The van der Waals surface area contributed by atoms with Gasteiger partial charge in [0.05, 0.1) is 11.1 Å². The number of hydrogen-bond acceptors (Lipinski definition) is 4. The van der Waals surface area contributed by atoms with Crippen molar-refractivity contribution in [3.63, 3.8) is 0 Å². The van der Waals surface area contributed by atoms with Gasteiger partial charge in [-0.05, 0) is 31.5 Å². The molecule has 0 unspecified atom stereocenters. The van der Waals surface area contributed by atoms with E-state index in [-0.39, 0.29) is 5.78 Å². The summed E-state index contributed by atoms with van der Waals surface area (Å²) in [5, 5.41) is 6.10. The molecular formula is C14H19N3OS. The van der Waals surface area contributed by atoms with Crippen LogP contribution < -0.4 is 0 Å². The Labute approximate surface area is 117 Å². The molecule has 0 aliphatic carbocycles. The molecule has 0 saturated carbocycles. The number of aromatic nitrogens is 2. The third-order valence-corrected chi connectivity index (χ3v) is 3.86. The molecule has 5 heteroatoms. The smallest absolute Gasteiger partial charge is 0.172 e. The summed E-state index contributed by atoms with van der Waals surface area (Å²) < 4.78 is 1.81. The first-order chi connectivity index (χ1) is 9.15. The van der Waals surface area contributed by atoms with E-state index in [9.17, 15) is 4.79 Å². The van der Waals surface area contributed by atoms with Crippen molar-refractivity contribution in [3.05, 3.63) is 40.3 Å². The molecule has 2 heterocycles. The summed E-state index contributed by atoms with van der Waals surface area (Å²) in [6, 6.07) is 3.82. The summed E-state index contributed by atoms with van der Waals surface area (Å²) in [5.74, 6) is 0.254. The number of nitrogens with zero attached hydrogens (tertiary/aromatic N) is 3. The molecule has 0 spiro atoms. The Hall–Kier alpha value is -1.46. The highest BCUT2D eigenvalue weighted by molar-refractivity contribution is 7.12. The molecular weight excluding hydrogens is 258 g/mol. The van der Waals surface area contributed by atoms with E-state index in [1.807, 2.05) is 41.6 Å². The summed E-state index contributed by atoms with van der Waals surface area (Å²) in [4.78, 5) is 14.9. The topological polar surface area (TPSA) is 38.1 Å². The number of carbonyl (C=O) groups is 1. The summed E-state index contributed by atoms with van der Waals surface area (Å²) in [6.45, 7) is 1.80. The quantitative estimate of drug-likeness (QED) is 0.730. The van der Waals surface area contributed by atoms with Crippen LogP contribution in [0.15, 0.2) is 29.9 Å². The van der Waals surface area contributed by atoms with Crippen LogP contribution in [-0.2, 0) is 13.6 Å². The number of hydrogen-bond donors (Lipinski definition) is 0. The van der Waals surface area contributed by atoms with Crippen LogP contribution in [-0.4, -0.2) is 34.1 Å². The van der Waals surface area contributed by atoms with E-state index in [0.29, 0.717) is 6.42 Å². The van der Waals surface area contributed by atoms with E-state index in [2.05, 4.69) is 17.0 Å². The summed E-state index contributed by atoms with van der Waals surface area (Å²) >= 11 is 1.52. The van der Waals surface area contributed by atoms with Crippen molar-refractivity contribution < 1.29 is 4.79 Å². The first-order valence-electron chi connectivity index (χ1n) is 6.38. The Bertz CT molecular complexity index is 519. The minimum absolute atomic E-state index is 0.254. The summed E-state index contributed by atoms with van der Waals surface area (Å²) in [5.41, 5.74) is 1.20. The van der Waals surface area contributed by atoms with Crippen LogP contribution in [0.1, 0.15) is 28.1 Å². The molecule has 0 radical (unpaired) electrons. The van der Waals surface area contributed by atoms with E-state index in [0.717, 1.165) is 24.4 Å².